The van der Waals surface area contributed by atoms with Crippen molar-refractivity contribution in [3.05, 3.63) is 0 Å². The standard InChI is InChI=1S/C21H40N6O6P2/c1-9-22-17(28)24(11-3)34(25(12-4)18(22)29)32-15-21(7,8)16-33-35-26(13-5)19(30)23(10-2)20(31)27(35)14-6/h9-16H2,1-8H3. The zero-order chi connectivity index (χ0) is 26.5. The van der Waals surface area contributed by atoms with Gasteiger partial charge < -0.3 is 9.05 Å². The van der Waals surface area contributed by atoms with Crippen LogP contribution in [-0.4, -0.2) is 105 Å². The number of urea groups is 4. The Morgan fingerprint density at radius 3 is 1.00 bits per heavy atom. The fourth-order valence-electron chi connectivity index (χ4n) is 3.63. The molecule has 0 aromatic rings. The predicted octanol–water partition coefficient (Wildman–Crippen LogP) is 4.94. The van der Waals surface area contributed by atoms with Gasteiger partial charge in [0.05, 0.1) is 13.2 Å². The molecule has 200 valence electrons. The first kappa shape index (κ1) is 29.5. The average Bonchev–Trinajstić information content (AvgIpc) is 2.82. The highest BCUT2D eigenvalue weighted by molar-refractivity contribution is 7.49. The van der Waals surface area contributed by atoms with Crippen molar-refractivity contribution in [1.29, 1.82) is 0 Å². The van der Waals surface area contributed by atoms with E-state index < -0.39 is 22.3 Å². The van der Waals surface area contributed by atoms with E-state index in [0.29, 0.717) is 39.3 Å². The Hall–Kier alpha value is -1.74. The molecule has 0 unspecified atom stereocenters. The number of nitrogens with zero attached hydrogens (tertiary/aromatic N) is 6. The SMILES string of the molecule is CCN1C(=O)N(CC)P(OCC(C)(C)COP2N(CC)C(=O)N(CC)C(=O)N2CC)N(CC)C1=O. The quantitative estimate of drug-likeness (QED) is 0.329. The Labute approximate surface area is 211 Å². The Morgan fingerprint density at radius 2 is 0.800 bits per heavy atom. The maximum Gasteiger partial charge on any atom is 0.334 e. The summed E-state index contributed by atoms with van der Waals surface area (Å²) in [6.45, 7) is 17.6. The maximum atomic E-state index is 12.8. The number of rotatable bonds is 12. The van der Waals surface area contributed by atoms with Gasteiger partial charge in [0.2, 0.25) is 0 Å². The summed E-state index contributed by atoms with van der Waals surface area (Å²) in [5, 5.41) is 0. The fraction of sp³-hybridized carbons (Fsp3) is 0.810. The average molecular weight is 535 g/mol. The highest BCUT2D eigenvalue weighted by Crippen LogP contribution is 2.52. The van der Waals surface area contributed by atoms with Crippen molar-refractivity contribution in [1.82, 2.24) is 28.5 Å². The monoisotopic (exact) mass is 534 g/mol. The largest absolute Gasteiger partial charge is 0.334 e. The third-order valence-corrected chi connectivity index (χ3v) is 9.79. The molecule has 2 aliphatic rings. The highest BCUT2D eigenvalue weighted by Gasteiger charge is 2.46. The summed E-state index contributed by atoms with van der Waals surface area (Å²) in [6.07, 6.45) is 0. The minimum atomic E-state index is -1.61. The zero-order valence-electron chi connectivity index (χ0n) is 22.2. The molecule has 2 fully saturated rings. The van der Waals surface area contributed by atoms with Gasteiger partial charge in [-0.05, 0) is 41.5 Å². The Kier molecular flexibility index (Phi) is 10.5. The highest BCUT2D eigenvalue weighted by atomic mass is 31.2. The second-order valence-corrected chi connectivity index (χ2v) is 12.2. The predicted molar refractivity (Wildman–Crippen MR) is 135 cm³/mol. The lowest BCUT2D eigenvalue weighted by atomic mass is 9.97. The second-order valence-electron chi connectivity index (χ2n) is 8.70. The van der Waals surface area contributed by atoms with Crippen LogP contribution in [0.5, 0.6) is 0 Å². The van der Waals surface area contributed by atoms with E-state index in [-0.39, 0.29) is 37.3 Å². The summed E-state index contributed by atoms with van der Waals surface area (Å²) < 4.78 is 18.8. The van der Waals surface area contributed by atoms with Crippen LogP contribution in [0.2, 0.25) is 0 Å². The molecule has 0 N–H and O–H groups in total. The van der Waals surface area contributed by atoms with Crippen LogP contribution in [0.3, 0.4) is 0 Å². The third kappa shape index (κ3) is 5.98. The lowest BCUT2D eigenvalue weighted by Crippen LogP contribution is -2.56. The lowest BCUT2D eigenvalue weighted by Gasteiger charge is -2.46. The van der Waals surface area contributed by atoms with Gasteiger partial charge in [0, 0.05) is 44.7 Å². The number of hydrogen-bond donors (Lipinski definition) is 0. The van der Waals surface area contributed by atoms with E-state index in [2.05, 4.69) is 0 Å². The normalized spacial score (nSPS) is 19.1. The molecular weight excluding hydrogens is 494 g/mol. The topological polar surface area (TPSA) is 106 Å². The molecule has 8 amide bonds. The smallest absolute Gasteiger partial charge is 0.322 e. The molecule has 0 radical (unpaired) electrons. The van der Waals surface area contributed by atoms with Crippen LogP contribution < -0.4 is 0 Å². The maximum absolute atomic E-state index is 12.8. The van der Waals surface area contributed by atoms with Crippen molar-refractivity contribution >= 4 is 41.0 Å². The van der Waals surface area contributed by atoms with E-state index in [9.17, 15) is 19.2 Å². The zero-order valence-corrected chi connectivity index (χ0v) is 24.0. The first-order chi connectivity index (χ1) is 16.5. The van der Waals surface area contributed by atoms with Crippen LogP contribution in [0.15, 0.2) is 0 Å². The molecule has 0 atom stereocenters. The van der Waals surface area contributed by atoms with Gasteiger partial charge in [0.15, 0.2) is 0 Å². The van der Waals surface area contributed by atoms with Gasteiger partial charge in [0.1, 0.15) is 0 Å². The van der Waals surface area contributed by atoms with E-state index in [0.717, 1.165) is 0 Å². The van der Waals surface area contributed by atoms with Crippen LogP contribution in [0.4, 0.5) is 19.2 Å². The molecule has 2 rings (SSSR count). The molecule has 0 aliphatic carbocycles. The molecule has 14 heteroatoms. The van der Waals surface area contributed by atoms with E-state index >= 15 is 0 Å². The van der Waals surface area contributed by atoms with Crippen molar-refractivity contribution in [2.24, 2.45) is 5.41 Å². The Bertz CT molecular complexity index is 692. The minimum absolute atomic E-state index is 0.225. The van der Waals surface area contributed by atoms with Gasteiger partial charge in [-0.1, -0.05) is 13.8 Å². The molecule has 0 saturated carbocycles. The van der Waals surface area contributed by atoms with Crippen LogP contribution in [-0.2, 0) is 9.05 Å². The molecule has 2 saturated heterocycles. The number of amides is 8. The van der Waals surface area contributed by atoms with Gasteiger partial charge in [0.25, 0.3) is 16.9 Å². The molecule has 2 aliphatic heterocycles. The number of carbonyl (C=O) groups excluding carboxylic acids is 4. The summed E-state index contributed by atoms with van der Waals surface area (Å²) in [7, 11) is -3.21. The van der Waals surface area contributed by atoms with E-state index in [1.54, 1.807) is 32.5 Å². The Morgan fingerprint density at radius 1 is 0.543 bits per heavy atom. The first-order valence-corrected chi connectivity index (χ1v) is 14.5. The molecule has 0 bridgehead atoms. The second kappa shape index (κ2) is 12.5. The Balaban J connectivity index is 2.13. The third-order valence-electron chi connectivity index (χ3n) is 5.61. The molecule has 2 heterocycles. The van der Waals surface area contributed by atoms with E-state index in [1.807, 2.05) is 41.5 Å². The van der Waals surface area contributed by atoms with Crippen LogP contribution in [0.25, 0.3) is 0 Å². The van der Waals surface area contributed by atoms with Gasteiger partial charge >= 0.3 is 24.1 Å². The van der Waals surface area contributed by atoms with Crippen molar-refractivity contribution in [3.8, 4) is 0 Å². The van der Waals surface area contributed by atoms with E-state index in [1.165, 1.54) is 9.80 Å². The molecular formula is C21H40N6O6P2. The summed E-state index contributed by atoms with van der Waals surface area (Å²) in [5.41, 5.74) is -0.510. The van der Waals surface area contributed by atoms with Gasteiger partial charge in [-0.15, -0.1) is 0 Å². The molecule has 12 nitrogen and oxygen atoms in total. The summed E-state index contributed by atoms with van der Waals surface area (Å²) >= 11 is 0. The number of hydrogen-bond acceptors (Lipinski definition) is 6. The van der Waals surface area contributed by atoms with Crippen LogP contribution in [0.1, 0.15) is 55.4 Å². The van der Waals surface area contributed by atoms with Crippen molar-refractivity contribution in [3.63, 3.8) is 0 Å². The van der Waals surface area contributed by atoms with Crippen molar-refractivity contribution < 1.29 is 28.2 Å². The molecule has 0 spiro atoms. The van der Waals surface area contributed by atoms with Crippen molar-refractivity contribution in [2.45, 2.75) is 55.4 Å². The van der Waals surface area contributed by atoms with Crippen LogP contribution >= 0.6 is 16.9 Å². The van der Waals surface area contributed by atoms with Crippen LogP contribution in [0, 0.1) is 5.41 Å². The van der Waals surface area contributed by atoms with Gasteiger partial charge in [-0.25, -0.2) is 29.0 Å². The van der Waals surface area contributed by atoms with Gasteiger partial charge in [-0.3, -0.25) is 18.7 Å². The fourth-order valence-corrected chi connectivity index (χ4v) is 7.62. The van der Waals surface area contributed by atoms with Crippen molar-refractivity contribution in [2.75, 3.05) is 52.5 Å². The van der Waals surface area contributed by atoms with Gasteiger partial charge in [-0.2, -0.15) is 0 Å². The molecule has 0 aromatic carbocycles. The summed E-state index contributed by atoms with van der Waals surface area (Å²) in [5.74, 6) is 0. The number of carbonyl (C=O) groups is 4. The summed E-state index contributed by atoms with van der Waals surface area (Å²) in [4.78, 5) is 53.7. The first-order valence-electron chi connectivity index (χ1n) is 12.2. The minimum Gasteiger partial charge on any atom is -0.322 e. The molecule has 0 aromatic heterocycles. The molecule has 35 heavy (non-hydrogen) atoms. The van der Waals surface area contributed by atoms with E-state index in [4.69, 9.17) is 9.05 Å². The number of imide groups is 2. The summed E-state index contributed by atoms with van der Waals surface area (Å²) in [6, 6.07) is -1.37. The lowest BCUT2D eigenvalue weighted by molar-refractivity contribution is 0.0930.